The molecule has 0 fully saturated rings. The molecule has 0 aromatic rings. The van der Waals surface area contributed by atoms with Crippen molar-refractivity contribution in [3.8, 4) is 0 Å². The van der Waals surface area contributed by atoms with Crippen molar-refractivity contribution >= 4 is 0 Å². The normalized spacial score (nSPS) is 12.3. The van der Waals surface area contributed by atoms with Gasteiger partial charge in [-0.1, -0.05) is 13.5 Å². The Morgan fingerprint density at radius 3 is 2.71 bits per heavy atom. The maximum Gasteiger partial charge on any atom is 0.0497 e. The fourth-order valence-electron chi connectivity index (χ4n) is 0.254. The first-order chi connectivity index (χ1) is 3.31. The summed E-state index contributed by atoms with van der Waals surface area (Å²) in [5.41, 5.74) is 2.58. The van der Waals surface area contributed by atoms with Crippen LogP contribution in [0.1, 0.15) is 6.92 Å². The van der Waals surface area contributed by atoms with Crippen LogP contribution >= 0.6 is 0 Å². The fraction of sp³-hybridized carbons (Fsp3) is 0.500. The minimum absolute atomic E-state index is 0.183. The van der Waals surface area contributed by atoms with Crippen LogP contribution in [-0.4, -0.2) is 11.7 Å². The Hall–Kier alpha value is -0.520. The van der Waals surface area contributed by atoms with Crippen LogP contribution in [0.5, 0.6) is 0 Å². The van der Waals surface area contributed by atoms with E-state index in [0.29, 0.717) is 0 Å². The van der Waals surface area contributed by atoms with E-state index >= 15 is 0 Å². The van der Waals surface area contributed by atoms with Crippen molar-refractivity contribution in [3.63, 3.8) is 0 Å². The van der Waals surface area contributed by atoms with E-state index in [1.807, 2.05) is 6.92 Å². The zero-order valence-corrected chi connectivity index (χ0v) is 4.52. The van der Waals surface area contributed by atoms with Crippen LogP contribution in [0.25, 0.3) is 0 Å². The van der Waals surface area contributed by atoms with E-state index in [2.05, 4.69) is 12.3 Å². The third-order valence-corrected chi connectivity index (χ3v) is 0.690. The summed E-state index contributed by atoms with van der Waals surface area (Å²) >= 11 is 0. The molecular formula is C6H10O. The molecule has 0 heterocycles. The van der Waals surface area contributed by atoms with Crippen molar-refractivity contribution in [1.82, 2.24) is 0 Å². The highest BCUT2D eigenvalue weighted by Gasteiger charge is 1.87. The van der Waals surface area contributed by atoms with E-state index in [4.69, 9.17) is 5.11 Å². The Labute approximate surface area is 44.0 Å². The summed E-state index contributed by atoms with van der Waals surface area (Å²) < 4.78 is 0. The lowest BCUT2D eigenvalue weighted by Crippen LogP contribution is -1.93. The first-order valence-corrected chi connectivity index (χ1v) is 2.28. The molecule has 40 valence electrons. The third-order valence-electron chi connectivity index (χ3n) is 0.690. The van der Waals surface area contributed by atoms with Crippen molar-refractivity contribution in [1.29, 1.82) is 0 Å². The zero-order valence-electron chi connectivity index (χ0n) is 4.52. The van der Waals surface area contributed by atoms with Gasteiger partial charge in [0.15, 0.2) is 0 Å². The number of aliphatic hydroxyl groups is 1. The smallest absolute Gasteiger partial charge is 0.0497 e. The maximum atomic E-state index is 8.37. The molecular weight excluding hydrogens is 88.1 g/mol. The van der Waals surface area contributed by atoms with Crippen molar-refractivity contribution in [2.45, 2.75) is 6.92 Å². The predicted octanol–water partition coefficient (Wildman–Crippen LogP) is 0.956. The lowest BCUT2D eigenvalue weighted by atomic mass is 10.2. The Kier molecular flexibility index (Phi) is 3.39. The number of hydrogen-bond acceptors (Lipinski definition) is 1. The molecule has 0 unspecified atom stereocenters. The van der Waals surface area contributed by atoms with Crippen molar-refractivity contribution in [3.05, 3.63) is 18.4 Å². The maximum absolute atomic E-state index is 8.37. The summed E-state index contributed by atoms with van der Waals surface area (Å²) in [6.45, 7) is 5.44. The lowest BCUT2D eigenvalue weighted by molar-refractivity contribution is 0.262. The van der Waals surface area contributed by atoms with Crippen LogP contribution in [0.4, 0.5) is 0 Å². The van der Waals surface area contributed by atoms with Crippen molar-refractivity contribution in [2.75, 3.05) is 6.61 Å². The Bertz CT molecular complexity index is 80.2. The molecule has 1 nitrogen and oxygen atoms in total. The molecule has 0 saturated carbocycles. The molecule has 0 saturated heterocycles. The van der Waals surface area contributed by atoms with Gasteiger partial charge in [0.05, 0.1) is 0 Å². The topological polar surface area (TPSA) is 20.2 Å². The third kappa shape index (κ3) is 3.31. The molecule has 0 aliphatic heterocycles. The van der Waals surface area contributed by atoms with Crippen LogP contribution < -0.4 is 0 Å². The standard InChI is InChI=1S/C6H10O/c1-3-4-6(2)5-7/h4,6-7H,1,5H2,2H3/t6-/m1/s1. The van der Waals surface area contributed by atoms with E-state index in [-0.39, 0.29) is 12.5 Å². The largest absolute Gasteiger partial charge is 0.396 e. The van der Waals surface area contributed by atoms with Gasteiger partial charge >= 0.3 is 0 Å². The first kappa shape index (κ1) is 6.48. The highest BCUT2D eigenvalue weighted by Crippen LogP contribution is 1.90. The summed E-state index contributed by atoms with van der Waals surface area (Å²) in [7, 11) is 0. The second kappa shape index (κ2) is 3.66. The lowest BCUT2D eigenvalue weighted by Gasteiger charge is -1.93. The highest BCUT2D eigenvalue weighted by molar-refractivity contribution is 4.80. The van der Waals surface area contributed by atoms with Crippen LogP contribution in [0.3, 0.4) is 0 Å². The first-order valence-electron chi connectivity index (χ1n) is 2.28. The minimum atomic E-state index is 0.183. The molecule has 0 radical (unpaired) electrons. The monoisotopic (exact) mass is 98.1 g/mol. The van der Waals surface area contributed by atoms with Gasteiger partial charge in [-0.15, -0.1) is 5.73 Å². The quantitative estimate of drug-likeness (QED) is 0.510. The van der Waals surface area contributed by atoms with Gasteiger partial charge < -0.3 is 5.11 Å². The van der Waals surface area contributed by atoms with Crippen LogP contribution in [0.15, 0.2) is 18.4 Å². The Balaban J connectivity index is 3.35. The Morgan fingerprint density at radius 2 is 2.57 bits per heavy atom. The summed E-state index contributed by atoms with van der Waals surface area (Å²) in [5, 5.41) is 8.37. The molecule has 1 N–H and O–H groups in total. The van der Waals surface area contributed by atoms with Gasteiger partial charge in [-0.2, -0.15) is 0 Å². The molecule has 1 heteroatoms. The fourth-order valence-corrected chi connectivity index (χ4v) is 0.254. The predicted molar refractivity (Wildman–Crippen MR) is 30.0 cm³/mol. The van der Waals surface area contributed by atoms with Crippen LogP contribution in [0, 0.1) is 5.92 Å². The van der Waals surface area contributed by atoms with E-state index < -0.39 is 0 Å². The second-order valence-corrected chi connectivity index (χ2v) is 1.53. The average molecular weight is 98.1 g/mol. The summed E-state index contributed by atoms with van der Waals surface area (Å²) in [6.07, 6.45) is 1.74. The molecule has 0 amide bonds. The molecule has 0 aliphatic carbocycles. The number of aliphatic hydroxyl groups excluding tert-OH is 1. The molecule has 0 aromatic heterocycles. The Morgan fingerprint density at radius 1 is 2.00 bits per heavy atom. The minimum Gasteiger partial charge on any atom is -0.396 e. The van der Waals surface area contributed by atoms with Crippen LogP contribution in [-0.2, 0) is 0 Å². The highest BCUT2D eigenvalue weighted by atomic mass is 16.3. The van der Waals surface area contributed by atoms with Crippen molar-refractivity contribution < 1.29 is 5.11 Å². The molecule has 0 aliphatic rings. The van der Waals surface area contributed by atoms with E-state index in [1.165, 1.54) is 0 Å². The van der Waals surface area contributed by atoms with E-state index in [1.54, 1.807) is 6.08 Å². The van der Waals surface area contributed by atoms with E-state index in [0.717, 1.165) is 0 Å². The zero-order chi connectivity index (χ0) is 5.70. The van der Waals surface area contributed by atoms with Gasteiger partial charge in [0.2, 0.25) is 0 Å². The van der Waals surface area contributed by atoms with Gasteiger partial charge in [-0.3, -0.25) is 0 Å². The number of hydrogen-bond donors (Lipinski definition) is 1. The van der Waals surface area contributed by atoms with Crippen LogP contribution in [0.2, 0.25) is 0 Å². The molecule has 0 bridgehead atoms. The SMILES string of the molecule is C=C=C[C@@H](C)CO. The van der Waals surface area contributed by atoms with Gasteiger partial charge in [0, 0.05) is 12.5 Å². The average Bonchev–Trinajstić information content (AvgIpc) is 1.68. The molecule has 7 heavy (non-hydrogen) atoms. The van der Waals surface area contributed by atoms with Crippen molar-refractivity contribution in [2.24, 2.45) is 5.92 Å². The molecule has 0 rings (SSSR count). The molecule has 0 spiro atoms. The van der Waals surface area contributed by atoms with Gasteiger partial charge in [0.1, 0.15) is 0 Å². The summed E-state index contributed by atoms with van der Waals surface area (Å²) in [5.74, 6) is 0.206. The van der Waals surface area contributed by atoms with Gasteiger partial charge in [0.25, 0.3) is 0 Å². The molecule has 1 atom stereocenters. The second-order valence-electron chi connectivity index (χ2n) is 1.53. The van der Waals surface area contributed by atoms with E-state index in [9.17, 15) is 0 Å². The summed E-state index contributed by atoms with van der Waals surface area (Å²) in [4.78, 5) is 0. The van der Waals surface area contributed by atoms with Gasteiger partial charge in [-0.25, -0.2) is 0 Å². The van der Waals surface area contributed by atoms with Gasteiger partial charge in [-0.05, 0) is 6.08 Å². The molecule has 0 aromatic carbocycles. The summed E-state index contributed by atoms with van der Waals surface area (Å²) in [6, 6.07) is 0. The number of rotatable bonds is 2.